The summed E-state index contributed by atoms with van der Waals surface area (Å²) in [5, 5.41) is 15.1. The maximum Gasteiger partial charge on any atom is 0.135 e. The van der Waals surface area contributed by atoms with E-state index in [-0.39, 0.29) is 0 Å². The largest absolute Gasteiger partial charge is 0.383 e. The fourth-order valence-corrected chi connectivity index (χ4v) is 3.23. The molecular formula is C16H23N5O. The number of piperidine rings is 1. The van der Waals surface area contributed by atoms with Crippen LogP contribution in [0.5, 0.6) is 0 Å². The highest BCUT2D eigenvalue weighted by Crippen LogP contribution is 2.34. The molecule has 0 atom stereocenters. The molecule has 0 amide bonds. The van der Waals surface area contributed by atoms with Crippen molar-refractivity contribution in [1.29, 1.82) is 0 Å². The minimum absolute atomic E-state index is 0.675. The molecule has 1 N–H and O–H groups in total. The molecule has 0 aliphatic carbocycles. The van der Waals surface area contributed by atoms with E-state index in [9.17, 15) is 5.11 Å². The summed E-state index contributed by atoms with van der Waals surface area (Å²) >= 11 is 0. The molecule has 1 aliphatic rings. The van der Waals surface area contributed by atoms with Gasteiger partial charge in [0.2, 0.25) is 0 Å². The van der Waals surface area contributed by atoms with E-state index in [4.69, 9.17) is 0 Å². The minimum atomic E-state index is -0.799. The third kappa shape index (κ3) is 2.47. The molecular weight excluding hydrogens is 278 g/mol. The zero-order valence-corrected chi connectivity index (χ0v) is 13.7. The number of aromatic nitrogens is 4. The zero-order chi connectivity index (χ0) is 15.9. The maximum atomic E-state index is 10.9. The van der Waals surface area contributed by atoms with Crippen LogP contribution in [-0.2, 0) is 12.6 Å². The summed E-state index contributed by atoms with van der Waals surface area (Å²) in [4.78, 5) is 11.3. The lowest BCUT2D eigenvalue weighted by molar-refractivity contribution is 0.00401. The van der Waals surface area contributed by atoms with E-state index in [2.05, 4.69) is 26.9 Å². The van der Waals surface area contributed by atoms with Crippen LogP contribution in [0, 0.1) is 20.8 Å². The minimum Gasteiger partial charge on any atom is -0.383 e. The van der Waals surface area contributed by atoms with Crippen LogP contribution in [0.2, 0.25) is 0 Å². The highest BCUT2D eigenvalue weighted by Gasteiger charge is 2.36. The Hall–Kier alpha value is -1.95. The van der Waals surface area contributed by atoms with Gasteiger partial charge in [-0.25, -0.2) is 9.97 Å². The van der Waals surface area contributed by atoms with Crippen LogP contribution in [0.25, 0.3) is 0 Å². The quantitative estimate of drug-likeness (QED) is 0.913. The predicted molar refractivity (Wildman–Crippen MR) is 84.8 cm³/mol. The van der Waals surface area contributed by atoms with Crippen molar-refractivity contribution in [3.63, 3.8) is 0 Å². The van der Waals surface area contributed by atoms with Gasteiger partial charge in [-0.3, -0.25) is 4.68 Å². The number of anilines is 1. The molecule has 0 saturated carbocycles. The molecule has 22 heavy (non-hydrogen) atoms. The summed E-state index contributed by atoms with van der Waals surface area (Å²) in [7, 11) is 1.88. The number of rotatable bonds is 2. The van der Waals surface area contributed by atoms with E-state index in [1.807, 2.05) is 27.0 Å². The molecule has 3 rings (SSSR count). The Morgan fingerprint density at radius 2 is 1.82 bits per heavy atom. The van der Waals surface area contributed by atoms with Crippen molar-refractivity contribution < 1.29 is 5.11 Å². The van der Waals surface area contributed by atoms with Gasteiger partial charge in [0.1, 0.15) is 17.2 Å². The van der Waals surface area contributed by atoms with Crippen molar-refractivity contribution in [1.82, 2.24) is 19.7 Å². The molecule has 6 heteroatoms. The molecule has 2 aromatic heterocycles. The Morgan fingerprint density at radius 1 is 1.14 bits per heavy atom. The normalized spacial score (nSPS) is 17.8. The Labute approximate surface area is 130 Å². The molecule has 1 fully saturated rings. The van der Waals surface area contributed by atoms with Crippen LogP contribution in [0.1, 0.15) is 35.6 Å². The van der Waals surface area contributed by atoms with Crippen LogP contribution in [0.15, 0.2) is 12.3 Å². The fourth-order valence-electron chi connectivity index (χ4n) is 3.23. The highest BCUT2D eigenvalue weighted by molar-refractivity contribution is 5.49. The van der Waals surface area contributed by atoms with Crippen molar-refractivity contribution >= 4 is 5.82 Å². The molecule has 1 saturated heterocycles. The number of hydrogen-bond acceptors (Lipinski definition) is 5. The monoisotopic (exact) mass is 301 g/mol. The zero-order valence-electron chi connectivity index (χ0n) is 13.7. The van der Waals surface area contributed by atoms with Gasteiger partial charge >= 0.3 is 0 Å². The fraction of sp³-hybridized carbons (Fsp3) is 0.562. The van der Waals surface area contributed by atoms with Gasteiger partial charge in [0.25, 0.3) is 0 Å². The second-order valence-electron chi connectivity index (χ2n) is 6.16. The molecule has 0 radical (unpaired) electrons. The van der Waals surface area contributed by atoms with E-state index in [1.54, 1.807) is 10.9 Å². The van der Waals surface area contributed by atoms with Gasteiger partial charge in [-0.2, -0.15) is 5.10 Å². The molecule has 3 heterocycles. The van der Waals surface area contributed by atoms with E-state index < -0.39 is 5.60 Å². The van der Waals surface area contributed by atoms with E-state index >= 15 is 0 Å². The molecule has 1 aliphatic heterocycles. The molecule has 6 nitrogen and oxygen atoms in total. The highest BCUT2D eigenvalue weighted by atomic mass is 16.3. The van der Waals surface area contributed by atoms with Crippen molar-refractivity contribution in [3.8, 4) is 0 Å². The molecule has 118 valence electrons. The summed E-state index contributed by atoms with van der Waals surface area (Å²) in [6, 6.07) is 1.90. The van der Waals surface area contributed by atoms with Gasteiger partial charge in [-0.1, -0.05) is 0 Å². The summed E-state index contributed by atoms with van der Waals surface area (Å²) in [5.41, 5.74) is 2.23. The van der Waals surface area contributed by atoms with Gasteiger partial charge in [0, 0.05) is 37.6 Å². The van der Waals surface area contributed by atoms with Crippen LogP contribution in [-0.4, -0.2) is 37.9 Å². The van der Waals surface area contributed by atoms with E-state index in [1.165, 1.54) is 0 Å². The third-order valence-electron chi connectivity index (χ3n) is 4.66. The molecule has 2 aromatic rings. The van der Waals surface area contributed by atoms with Gasteiger partial charge in [0.05, 0.1) is 5.69 Å². The Morgan fingerprint density at radius 3 is 2.41 bits per heavy atom. The first kappa shape index (κ1) is 15.0. The maximum absolute atomic E-state index is 10.9. The molecule has 0 bridgehead atoms. The summed E-state index contributed by atoms with van der Waals surface area (Å²) in [6.45, 7) is 7.55. The SMILES string of the molecule is Cc1nc(C)c(C)c(N2CCC(O)(c3ccnn3C)CC2)n1. The first-order valence-corrected chi connectivity index (χ1v) is 7.68. The first-order valence-electron chi connectivity index (χ1n) is 7.68. The summed E-state index contributed by atoms with van der Waals surface area (Å²) in [6.07, 6.45) is 3.09. The number of nitrogens with zero attached hydrogens (tertiary/aromatic N) is 5. The Bertz CT molecular complexity index is 686. The van der Waals surface area contributed by atoms with Gasteiger partial charge in [-0.15, -0.1) is 0 Å². The second-order valence-corrected chi connectivity index (χ2v) is 6.16. The van der Waals surface area contributed by atoms with Crippen LogP contribution < -0.4 is 4.90 Å². The van der Waals surface area contributed by atoms with Gasteiger partial charge < -0.3 is 10.0 Å². The topological polar surface area (TPSA) is 67.1 Å². The molecule has 0 aromatic carbocycles. The third-order valence-corrected chi connectivity index (χ3v) is 4.66. The average molecular weight is 301 g/mol. The van der Waals surface area contributed by atoms with Crippen LogP contribution in [0.3, 0.4) is 0 Å². The van der Waals surface area contributed by atoms with Crippen molar-refractivity contribution in [2.75, 3.05) is 18.0 Å². The second kappa shape index (κ2) is 5.35. The lowest BCUT2D eigenvalue weighted by atomic mass is 9.88. The molecule has 0 unspecified atom stereocenters. The van der Waals surface area contributed by atoms with Gasteiger partial charge in [-0.05, 0) is 39.7 Å². The van der Waals surface area contributed by atoms with Gasteiger partial charge in [0.15, 0.2) is 0 Å². The van der Waals surface area contributed by atoms with Crippen molar-refractivity contribution in [2.24, 2.45) is 7.05 Å². The molecule has 0 spiro atoms. The van der Waals surface area contributed by atoms with Crippen LogP contribution in [0.4, 0.5) is 5.82 Å². The summed E-state index contributed by atoms with van der Waals surface area (Å²) in [5.74, 6) is 1.79. The number of aryl methyl sites for hydroxylation is 3. The standard InChI is InChI=1S/C16H23N5O/c1-11-12(2)18-13(3)19-15(11)21-9-6-16(22,7-10-21)14-5-8-17-20(14)4/h5,8,22H,6-7,9-10H2,1-4H3. The lowest BCUT2D eigenvalue weighted by Gasteiger charge is -2.39. The predicted octanol–water partition coefficient (Wildman–Crippen LogP) is 1.62. The van der Waals surface area contributed by atoms with Crippen molar-refractivity contribution in [2.45, 2.75) is 39.2 Å². The van der Waals surface area contributed by atoms with Crippen LogP contribution >= 0.6 is 0 Å². The smallest absolute Gasteiger partial charge is 0.135 e. The Balaban J connectivity index is 1.82. The van der Waals surface area contributed by atoms with E-state index in [0.717, 1.165) is 41.7 Å². The Kier molecular flexibility index (Phi) is 3.64. The number of hydrogen-bond donors (Lipinski definition) is 1. The first-order chi connectivity index (χ1) is 10.4. The summed E-state index contributed by atoms with van der Waals surface area (Å²) < 4.78 is 1.76. The van der Waals surface area contributed by atoms with E-state index in [0.29, 0.717) is 12.8 Å². The average Bonchev–Trinajstić information content (AvgIpc) is 2.91. The van der Waals surface area contributed by atoms with Crippen molar-refractivity contribution in [3.05, 3.63) is 35.0 Å². The number of aliphatic hydroxyl groups is 1. The lowest BCUT2D eigenvalue weighted by Crippen LogP contribution is -2.44.